The zero-order valence-corrected chi connectivity index (χ0v) is 10.0. The number of hydrogen-bond acceptors (Lipinski definition) is 6. The van der Waals surface area contributed by atoms with E-state index in [4.69, 9.17) is 9.84 Å². The van der Waals surface area contributed by atoms with Gasteiger partial charge in [0.15, 0.2) is 0 Å². The summed E-state index contributed by atoms with van der Waals surface area (Å²) < 4.78 is 5.52. The van der Waals surface area contributed by atoms with E-state index < -0.39 is 36.6 Å². The Morgan fingerprint density at radius 3 is 2.95 bits per heavy atom. The average Bonchev–Trinajstić information content (AvgIpc) is 2.92. The van der Waals surface area contributed by atoms with Gasteiger partial charge >= 0.3 is 6.03 Å². The number of rotatable bonds is 2. The summed E-state index contributed by atoms with van der Waals surface area (Å²) in [6.07, 6.45) is 1.32. The number of hydrogen-bond donors (Lipinski definition) is 4. The Morgan fingerprint density at radius 2 is 2.26 bits per heavy atom. The molecule has 0 aliphatic carbocycles. The largest absolute Gasteiger partial charge is 0.394 e. The molecule has 8 nitrogen and oxygen atoms in total. The van der Waals surface area contributed by atoms with Crippen LogP contribution in [0, 0.1) is 5.92 Å². The molecule has 2 unspecified atom stereocenters. The van der Waals surface area contributed by atoms with Crippen LogP contribution in [0.1, 0.15) is 6.42 Å². The van der Waals surface area contributed by atoms with Crippen LogP contribution in [0.2, 0.25) is 0 Å². The molecule has 5 atom stereocenters. The molecule has 104 valence electrons. The monoisotopic (exact) mass is 269 g/mol. The number of imide groups is 1. The van der Waals surface area contributed by atoms with E-state index in [1.165, 1.54) is 0 Å². The molecule has 0 aromatic carbocycles. The molecule has 3 aliphatic rings. The Bertz CT molecular complexity index is 440. The number of carbonyl (C=O) groups excluding carboxylic acids is 2. The summed E-state index contributed by atoms with van der Waals surface area (Å²) in [7, 11) is 0. The number of fused-ring (bicyclic) bond motifs is 1. The van der Waals surface area contributed by atoms with Crippen LogP contribution in [-0.2, 0) is 9.53 Å². The summed E-state index contributed by atoms with van der Waals surface area (Å²) in [6.45, 7) is -0.268. The molecule has 0 radical (unpaired) electrons. The van der Waals surface area contributed by atoms with Crippen molar-refractivity contribution in [2.75, 3.05) is 6.61 Å². The van der Waals surface area contributed by atoms with E-state index in [9.17, 15) is 14.7 Å². The fourth-order valence-corrected chi connectivity index (χ4v) is 2.67. The van der Waals surface area contributed by atoms with Crippen molar-refractivity contribution in [3.8, 4) is 0 Å². The van der Waals surface area contributed by atoms with Gasteiger partial charge in [0.05, 0.1) is 18.6 Å². The molecule has 19 heavy (non-hydrogen) atoms. The minimum Gasteiger partial charge on any atom is -0.394 e. The quantitative estimate of drug-likeness (QED) is 0.464. The van der Waals surface area contributed by atoms with Crippen LogP contribution in [0.25, 0.3) is 0 Å². The van der Waals surface area contributed by atoms with Gasteiger partial charge in [-0.15, -0.1) is 0 Å². The number of nitrogens with one attached hydrogen (secondary N) is 2. The van der Waals surface area contributed by atoms with Crippen molar-refractivity contribution < 1.29 is 24.5 Å². The predicted octanol–water partition coefficient (Wildman–Crippen LogP) is -1.93. The smallest absolute Gasteiger partial charge is 0.323 e. The summed E-state index contributed by atoms with van der Waals surface area (Å²) >= 11 is 0. The molecule has 0 aromatic rings. The highest BCUT2D eigenvalue weighted by atomic mass is 16.5. The molecule has 3 aliphatic heterocycles. The molecular formula is C11H15N3O5. The minimum atomic E-state index is -0.754. The molecular weight excluding hydrogens is 254 g/mol. The Balaban J connectivity index is 1.75. The fraction of sp³-hybridized carbons (Fsp3) is 0.636. The zero-order valence-electron chi connectivity index (χ0n) is 10.0. The molecule has 4 N–H and O–H groups in total. The third-order valence-corrected chi connectivity index (χ3v) is 3.66. The van der Waals surface area contributed by atoms with Gasteiger partial charge in [0.2, 0.25) is 5.91 Å². The standard InChI is InChI=1S/C11H15N3O5/c15-4-7-6(16)3-8(19-7)14-2-1-5-9(14)12-11(18)13-10(5)17/h1-2,5-9,15-16H,3-4H2,(H2,12,13,17,18)/t5?,6-,7+,8+,9?/m0/s1. The molecule has 2 saturated heterocycles. The van der Waals surface area contributed by atoms with Gasteiger partial charge in [0.25, 0.3) is 0 Å². The number of urea groups is 1. The Labute approximate surface area is 109 Å². The second kappa shape index (κ2) is 4.48. The highest BCUT2D eigenvalue weighted by Crippen LogP contribution is 2.31. The molecule has 8 heteroatoms. The van der Waals surface area contributed by atoms with Gasteiger partial charge in [-0.2, -0.15) is 0 Å². The van der Waals surface area contributed by atoms with Crippen LogP contribution in [0.15, 0.2) is 12.3 Å². The van der Waals surface area contributed by atoms with E-state index in [0.29, 0.717) is 6.42 Å². The molecule has 0 bridgehead atoms. The minimum absolute atomic E-state index is 0.268. The second-order valence-corrected chi connectivity index (χ2v) is 4.84. The van der Waals surface area contributed by atoms with Crippen LogP contribution in [-0.4, -0.2) is 58.3 Å². The SMILES string of the molecule is O=C1NC(=O)C2C=CN([C@H]3C[C@H](O)[C@@H](CO)O3)C2N1. The summed E-state index contributed by atoms with van der Waals surface area (Å²) in [5.41, 5.74) is 0. The van der Waals surface area contributed by atoms with Gasteiger partial charge in [-0.05, 0) is 0 Å². The Kier molecular flexibility index (Phi) is 2.92. The van der Waals surface area contributed by atoms with Gasteiger partial charge in [0, 0.05) is 12.6 Å². The van der Waals surface area contributed by atoms with Gasteiger partial charge in [0.1, 0.15) is 18.5 Å². The molecule has 0 spiro atoms. The van der Waals surface area contributed by atoms with Gasteiger partial charge < -0.3 is 25.2 Å². The lowest BCUT2D eigenvalue weighted by atomic mass is 10.1. The van der Waals surface area contributed by atoms with Crippen LogP contribution >= 0.6 is 0 Å². The highest BCUT2D eigenvalue weighted by molar-refractivity contribution is 5.99. The van der Waals surface area contributed by atoms with Crippen LogP contribution in [0.5, 0.6) is 0 Å². The molecule has 0 saturated carbocycles. The molecule has 0 aromatic heterocycles. The van der Waals surface area contributed by atoms with Crippen LogP contribution < -0.4 is 10.6 Å². The third-order valence-electron chi connectivity index (χ3n) is 3.66. The summed E-state index contributed by atoms with van der Waals surface area (Å²) in [5, 5.41) is 23.6. The predicted molar refractivity (Wildman–Crippen MR) is 61.3 cm³/mol. The van der Waals surface area contributed by atoms with E-state index in [0.717, 1.165) is 0 Å². The molecule has 3 amide bonds. The van der Waals surface area contributed by atoms with Crippen molar-refractivity contribution in [2.45, 2.75) is 31.0 Å². The van der Waals surface area contributed by atoms with Crippen LogP contribution in [0.3, 0.4) is 0 Å². The lowest BCUT2D eigenvalue weighted by Crippen LogP contribution is -2.62. The molecule has 3 heterocycles. The van der Waals surface area contributed by atoms with Crippen molar-refractivity contribution in [2.24, 2.45) is 5.92 Å². The lowest BCUT2D eigenvalue weighted by molar-refractivity contribution is -0.127. The first-order valence-corrected chi connectivity index (χ1v) is 6.11. The topological polar surface area (TPSA) is 111 Å². The summed E-state index contributed by atoms with van der Waals surface area (Å²) in [4.78, 5) is 24.7. The number of aliphatic hydroxyl groups excluding tert-OH is 2. The first-order chi connectivity index (χ1) is 9.10. The Hall–Kier alpha value is -1.64. The van der Waals surface area contributed by atoms with Crippen molar-refractivity contribution in [3.63, 3.8) is 0 Å². The zero-order chi connectivity index (χ0) is 13.6. The van der Waals surface area contributed by atoms with Crippen molar-refractivity contribution in [3.05, 3.63) is 12.3 Å². The lowest BCUT2D eigenvalue weighted by Gasteiger charge is -2.36. The van der Waals surface area contributed by atoms with Crippen LogP contribution in [0.4, 0.5) is 4.79 Å². The number of aliphatic hydroxyl groups is 2. The fourth-order valence-electron chi connectivity index (χ4n) is 2.67. The second-order valence-electron chi connectivity index (χ2n) is 4.84. The number of nitrogens with zero attached hydrogens (tertiary/aromatic N) is 1. The van der Waals surface area contributed by atoms with E-state index in [1.54, 1.807) is 17.2 Å². The first-order valence-electron chi connectivity index (χ1n) is 6.11. The summed E-state index contributed by atoms with van der Waals surface area (Å²) in [5.74, 6) is -0.823. The first kappa shape index (κ1) is 12.4. The molecule has 3 rings (SSSR count). The van der Waals surface area contributed by atoms with E-state index in [-0.39, 0.29) is 12.5 Å². The number of amides is 3. The maximum atomic E-state index is 11.7. The Morgan fingerprint density at radius 1 is 1.47 bits per heavy atom. The highest BCUT2D eigenvalue weighted by Gasteiger charge is 2.46. The number of ether oxygens (including phenoxy) is 1. The third kappa shape index (κ3) is 1.97. The average molecular weight is 269 g/mol. The summed E-state index contributed by atoms with van der Waals surface area (Å²) in [6, 6.07) is -0.544. The normalized spacial score (nSPS) is 41.2. The van der Waals surface area contributed by atoms with Crippen molar-refractivity contribution >= 4 is 11.9 Å². The maximum absolute atomic E-state index is 11.7. The maximum Gasteiger partial charge on any atom is 0.323 e. The van der Waals surface area contributed by atoms with Crippen molar-refractivity contribution in [1.82, 2.24) is 15.5 Å². The van der Waals surface area contributed by atoms with Gasteiger partial charge in [-0.1, -0.05) is 6.08 Å². The number of carbonyl (C=O) groups is 2. The van der Waals surface area contributed by atoms with E-state index >= 15 is 0 Å². The van der Waals surface area contributed by atoms with E-state index in [2.05, 4.69) is 10.6 Å². The van der Waals surface area contributed by atoms with Crippen molar-refractivity contribution in [1.29, 1.82) is 0 Å². The van der Waals surface area contributed by atoms with Gasteiger partial charge in [-0.3, -0.25) is 10.1 Å². The van der Waals surface area contributed by atoms with E-state index in [1.807, 2.05) is 0 Å². The van der Waals surface area contributed by atoms with Gasteiger partial charge in [-0.25, -0.2) is 4.79 Å². The molecule has 2 fully saturated rings.